The summed E-state index contributed by atoms with van der Waals surface area (Å²) in [4.78, 5) is 19.1. The number of aryl methyl sites for hydroxylation is 1. The third kappa shape index (κ3) is 3.81. The van der Waals surface area contributed by atoms with E-state index < -0.39 is 5.41 Å². The minimum Gasteiger partial charge on any atom is -0.481 e. The van der Waals surface area contributed by atoms with Gasteiger partial charge in [0.15, 0.2) is 0 Å². The lowest BCUT2D eigenvalue weighted by atomic mass is 9.78. The number of hydrogen-bond donors (Lipinski definition) is 1. The molecule has 6 heteroatoms. The summed E-state index contributed by atoms with van der Waals surface area (Å²) in [6.45, 7) is 3.82. The first-order valence-electron chi connectivity index (χ1n) is 8.66. The zero-order valence-electron chi connectivity index (χ0n) is 15.5. The van der Waals surface area contributed by atoms with Crippen molar-refractivity contribution < 1.29 is 4.74 Å². The molecule has 2 aromatic heterocycles. The van der Waals surface area contributed by atoms with E-state index in [9.17, 15) is 10.1 Å². The first-order chi connectivity index (χ1) is 12.9. The maximum Gasteiger partial charge on any atom is 0.251 e. The molecule has 0 aliphatic carbocycles. The number of hydrogen-bond acceptors (Lipinski definition) is 4. The Morgan fingerprint density at radius 3 is 2.74 bits per heavy atom. The Morgan fingerprint density at radius 2 is 2.07 bits per heavy atom. The number of halogens is 1. The van der Waals surface area contributed by atoms with Gasteiger partial charge in [-0.3, -0.25) is 4.79 Å². The van der Waals surface area contributed by atoms with Gasteiger partial charge in [0.2, 0.25) is 5.88 Å². The number of nitrogens with one attached hydrogen (secondary N) is 1. The standard InChI is InChI=1S/C21H20ClN3O2/c1-4-14-9-15-5-6-16(10-17(15)24-20(14)26)21(2,12-23)11-13-7-18(22)25-19(8-13)27-3/h5-10H,4,11H2,1-3H3,(H,24,26). The summed E-state index contributed by atoms with van der Waals surface area (Å²) in [5, 5.41) is 11.2. The van der Waals surface area contributed by atoms with Crippen LogP contribution in [0.25, 0.3) is 10.9 Å². The number of pyridine rings is 2. The van der Waals surface area contributed by atoms with E-state index in [0.717, 1.165) is 27.6 Å². The predicted molar refractivity (Wildman–Crippen MR) is 106 cm³/mol. The molecule has 0 aliphatic rings. The Bertz CT molecular complexity index is 1100. The second kappa shape index (κ2) is 7.42. The Labute approximate surface area is 162 Å². The van der Waals surface area contributed by atoms with Gasteiger partial charge in [-0.15, -0.1) is 0 Å². The Morgan fingerprint density at radius 1 is 1.30 bits per heavy atom. The number of H-pyrrole nitrogens is 1. The number of fused-ring (bicyclic) bond motifs is 1. The zero-order valence-corrected chi connectivity index (χ0v) is 16.2. The smallest absolute Gasteiger partial charge is 0.251 e. The van der Waals surface area contributed by atoms with Gasteiger partial charge in [-0.05, 0) is 54.5 Å². The highest BCUT2D eigenvalue weighted by Crippen LogP contribution is 2.31. The second-order valence-electron chi connectivity index (χ2n) is 6.74. The third-order valence-electron chi connectivity index (χ3n) is 4.78. The van der Waals surface area contributed by atoms with Crippen LogP contribution in [-0.2, 0) is 18.3 Å². The summed E-state index contributed by atoms with van der Waals surface area (Å²) >= 11 is 6.06. The molecule has 2 heterocycles. The van der Waals surface area contributed by atoms with Gasteiger partial charge in [0.05, 0.1) is 18.6 Å². The van der Waals surface area contributed by atoms with Gasteiger partial charge < -0.3 is 9.72 Å². The summed E-state index contributed by atoms with van der Waals surface area (Å²) in [6.07, 6.45) is 1.11. The average Bonchev–Trinajstić information content (AvgIpc) is 2.66. The summed E-state index contributed by atoms with van der Waals surface area (Å²) in [6, 6.07) is 13.6. The molecule has 0 aliphatic heterocycles. The van der Waals surface area contributed by atoms with E-state index >= 15 is 0 Å². The predicted octanol–water partition coefficient (Wildman–Crippen LogP) is 4.17. The fraction of sp³-hybridized carbons (Fsp3) is 0.286. The van der Waals surface area contributed by atoms with Gasteiger partial charge >= 0.3 is 0 Å². The fourth-order valence-electron chi connectivity index (χ4n) is 3.20. The van der Waals surface area contributed by atoms with Crippen molar-refractivity contribution in [3.8, 4) is 11.9 Å². The van der Waals surface area contributed by atoms with E-state index in [0.29, 0.717) is 23.9 Å². The maximum absolute atomic E-state index is 12.1. The molecule has 1 N–H and O–H groups in total. The van der Waals surface area contributed by atoms with Crippen molar-refractivity contribution in [2.24, 2.45) is 0 Å². The lowest BCUT2D eigenvalue weighted by Crippen LogP contribution is -2.23. The monoisotopic (exact) mass is 381 g/mol. The molecule has 1 aromatic carbocycles. The van der Waals surface area contributed by atoms with Gasteiger partial charge in [-0.1, -0.05) is 30.7 Å². The molecular formula is C21H20ClN3O2. The second-order valence-corrected chi connectivity index (χ2v) is 7.13. The van der Waals surface area contributed by atoms with Crippen LogP contribution < -0.4 is 10.3 Å². The molecule has 1 unspecified atom stereocenters. The lowest BCUT2D eigenvalue weighted by Gasteiger charge is -2.23. The van der Waals surface area contributed by atoms with E-state index in [2.05, 4.69) is 16.0 Å². The molecule has 0 saturated carbocycles. The Balaban J connectivity index is 2.05. The minimum absolute atomic E-state index is 0.0912. The number of aromatic nitrogens is 2. The van der Waals surface area contributed by atoms with Gasteiger partial charge in [0, 0.05) is 17.1 Å². The zero-order chi connectivity index (χ0) is 19.6. The summed E-state index contributed by atoms with van der Waals surface area (Å²) in [5.41, 5.74) is 2.25. The first kappa shape index (κ1) is 18.9. The molecule has 3 aromatic rings. The van der Waals surface area contributed by atoms with E-state index in [1.54, 1.807) is 12.1 Å². The Kier molecular flexibility index (Phi) is 5.20. The number of methoxy groups -OCH3 is 1. The van der Waals surface area contributed by atoms with E-state index in [4.69, 9.17) is 16.3 Å². The van der Waals surface area contributed by atoms with E-state index in [1.165, 1.54) is 7.11 Å². The van der Waals surface area contributed by atoms with Gasteiger partial charge in [0.1, 0.15) is 5.15 Å². The first-order valence-corrected chi connectivity index (χ1v) is 9.04. The number of ether oxygens (including phenoxy) is 1. The van der Waals surface area contributed by atoms with Crippen LogP contribution in [0.2, 0.25) is 5.15 Å². The topological polar surface area (TPSA) is 78.8 Å². The van der Waals surface area contributed by atoms with E-state index in [1.807, 2.05) is 38.1 Å². The lowest BCUT2D eigenvalue weighted by molar-refractivity contribution is 0.397. The number of rotatable bonds is 5. The van der Waals surface area contributed by atoms with Crippen molar-refractivity contribution in [1.29, 1.82) is 5.26 Å². The van der Waals surface area contributed by atoms with Crippen LogP contribution in [0.1, 0.15) is 30.5 Å². The fourth-order valence-corrected chi connectivity index (χ4v) is 3.42. The average molecular weight is 382 g/mol. The minimum atomic E-state index is -0.801. The number of benzene rings is 1. The van der Waals surface area contributed by atoms with E-state index in [-0.39, 0.29) is 5.56 Å². The third-order valence-corrected chi connectivity index (χ3v) is 4.98. The summed E-state index contributed by atoms with van der Waals surface area (Å²) in [7, 11) is 1.52. The summed E-state index contributed by atoms with van der Waals surface area (Å²) < 4.78 is 5.16. The molecule has 27 heavy (non-hydrogen) atoms. The highest BCUT2D eigenvalue weighted by molar-refractivity contribution is 6.29. The van der Waals surface area contributed by atoms with Gasteiger partial charge in [-0.2, -0.15) is 5.26 Å². The molecule has 0 radical (unpaired) electrons. The number of nitriles is 1. The van der Waals surface area contributed by atoms with Gasteiger partial charge in [0.25, 0.3) is 5.56 Å². The van der Waals surface area contributed by atoms with Gasteiger partial charge in [-0.25, -0.2) is 4.98 Å². The molecule has 138 valence electrons. The molecule has 0 spiro atoms. The quantitative estimate of drug-likeness (QED) is 0.672. The Hall–Kier alpha value is -2.84. The molecule has 0 fully saturated rings. The molecular weight excluding hydrogens is 362 g/mol. The van der Waals surface area contributed by atoms with Crippen molar-refractivity contribution >= 4 is 22.5 Å². The largest absolute Gasteiger partial charge is 0.481 e. The normalized spacial score (nSPS) is 13.1. The van der Waals surface area contributed by atoms with Crippen molar-refractivity contribution in [2.45, 2.75) is 32.1 Å². The van der Waals surface area contributed by atoms with Crippen LogP contribution >= 0.6 is 11.6 Å². The highest BCUT2D eigenvalue weighted by atomic mass is 35.5. The van der Waals surface area contributed by atoms with Crippen LogP contribution in [0.5, 0.6) is 5.88 Å². The van der Waals surface area contributed by atoms with Crippen LogP contribution in [0, 0.1) is 11.3 Å². The molecule has 5 nitrogen and oxygen atoms in total. The van der Waals surface area contributed by atoms with Crippen LogP contribution in [0.3, 0.4) is 0 Å². The molecule has 0 bridgehead atoms. The molecule has 0 amide bonds. The molecule has 0 saturated heterocycles. The number of nitrogens with zero attached hydrogens (tertiary/aromatic N) is 2. The van der Waals surface area contributed by atoms with Crippen LogP contribution in [0.4, 0.5) is 0 Å². The molecule has 3 rings (SSSR count). The molecule has 1 atom stereocenters. The number of aromatic amines is 1. The van der Waals surface area contributed by atoms with Crippen molar-refractivity contribution in [1.82, 2.24) is 9.97 Å². The summed E-state index contributed by atoms with van der Waals surface area (Å²) in [5.74, 6) is 0.410. The van der Waals surface area contributed by atoms with Crippen molar-refractivity contribution in [3.05, 3.63) is 68.6 Å². The highest BCUT2D eigenvalue weighted by Gasteiger charge is 2.28. The van der Waals surface area contributed by atoms with Crippen LogP contribution in [-0.4, -0.2) is 17.1 Å². The SMILES string of the molecule is CCc1cc2ccc(C(C)(C#N)Cc3cc(Cl)nc(OC)c3)cc2[nH]c1=O. The maximum atomic E-state index is 12.1. The van der Waals surface area contributed by atoms with Crippen LogP contribution in [0.15, 0.2) is 41.2 Å². The van der Waals surface area contributed by atoms with Crippen molar-refractivity contribution in [3.63, 3.8) is 0 Å². The van der Waals surface area contributed by atoms with Crippen molar-refractivity contribution in [2.75, 3.05) is 7.11 Å².